The molecule has 0 N–H and O–H groups in total. The highest BCUT2D eigenvalue weighted by Gasteiger charge is 2.15. The van der Waals surface area contributed by atoms with E-state index in [1.165, 1.54) is 19.3 Å². The molecule has 1 amide bonds. The van der Waals surface area contributed by atoms with Gasteiger partial charge in [0, 0.05) is 7.05 Å². The topological polar surface area (TPSA) is 29.5 Å². The lowest BCUT2D eigenvalue weighted by molar-refractivity contribution is 0.163. The summed E-state index contributed by atoms with van der Waals surface area (Å²) in [5.74, 6) is 0. The van der Waals surface area contributed by atoms with Crippen LogP contribution in [-0.2, 0) is 4.74 Å². The molecule has 3 nitrogen and oxygen atoms in total. The van der Waals surface area contributed by atoms with E-state index in [1.807, 2.05) is 0 Å². The summed E-state index contributed by atoms with van der Waals surface area (Å²) in [6.45, 7) is 5.71. The lowest BCUT2D eigenvalue weighted by Gasteiger charge is -1.98. The molecule has 1 heterocycles. The highest BCUT2D eigenvalue weighted by atomic mass is 16.6. The van der Waals surface area contributed by atoms with Crippen molar-refractivity contribution in [2.45, 2.75) is 33.1 Å². The van der Waals surface area contributed by atoms with E-state index >= 15 is 0 Å². The van der Waals surface area contributed by atoms with Crippen molar-refractivity contribution < 1.29 is 9.53 Å². The first-order valence-corrected chi connectivity index (χ1v) is 4.60. The molecule has 0 aromatic carbocycles. The van der Waals surface area contributed by atoms with Gasteiger partial charge in [-0.2, -0.15) is 0 Å². The van der Waals surface area contributed by atoms with E-state index in [-0.39, 0.29) is 6.09 Å². The minimum atomic E-state index is -0.208. The summed E-state index contributed by atoms with van der Waals surface area (Å²) in [5.41, 5.74) is 0. The Morgan fingerprint density at radius 2 is 2.00 bits per heavy atom. The molecule has 72 valence electrons. The van der Waals surface area contributed by atoms with Crippen LogP contribution in [0.3, 0.4) is 0 Å². The molecule has 1 rings (SSSR count). The molecule has 12 heavy (non-hydrogen) atoms. The Morgan fingerprint density at radius 3 is 2.08 bits per heavy atom. The summed E-state index contributed by atoms with van der Waals surface area (Å²) in [4.78, 5) is 11.8. The zero-order valence-corrected chi connectivity index (χ0v) is 8.30. The number of unbranched alkanes of at least 4 members (excludes halogenated alkanes) is 2. The second-order valence-corrected chi connectivity index (χ2v) is 2.89. The van der Waals surface area contributed by atoms with E-state index in [1.54, 1.807) is 11.9 Å². The van der Waals surface area contributed by atoms with Gasteiger partial charge in [-0.3, -0.25) is 0 Å². The van der Waals surface area contributed by atoms with Gasteiger partial charge in [0.2, 0.25) is 0 Å². The van der Waals surface area contributed by atoms with Crippen LogP contribution in [0.4, 0.5) is 4.79 Å². The van der Waals surface area contributed by atoms with E-state index < -0.39 is 0 Å². The molecular weight excluding hydrogens is 154 g/mol. The predicted molar refractivity (Wildman–Crippen MR) is 49.2 cm³/mol. The molecule has 0 aromatic heterocycles. The zero-order chi connectivity index (χ0) is 9.40. The van der Waals surface area contributed by atoms with Gasteiger partial charge in [0.15, 0.2) is 0 Å². The fourth-order valence-corrected chi connectivity index (χ4v) is 0.825. The quantitative estimate of drug-likeness (QED) is 0.641. The number of nitrogens with zero attached hydrogens (tertiary/aromatic N) is 1. The fourth-order valence-electron chi connectivity index (χ4n) is 0.825. The van der Waals surface area contributed by atoms with Gasteiger partial charge in [-0.05, 0) is 0 Å². The van der Waals surface area contributed by atoms with Crippen LogP contribution in [-0.4, -0.2) is 31.2 Å². The Hall–Kier alpha value is -0.730. The third-order valence-electron chi connectivity index (χ3n) is 1.67. The molecule has 1 aliphatic heterocycles. The molecule has 0 saturated carbocycles. The maximum absolute atomic E-state index is 10.3. The van der Waals surface area contributed by atoms with Crippen LogP contribution in [0.1, 0.15) is 33.1 Å². The average molecular weight is 173 g/mol. The van der Waals surface area contributed by atoms with Crippen molar-refractivity contribution in [1.82, 2.24) is 4.90 Å². The summed E-state index contributed by atoms with van der Waals surface area (Å²) in [7, 11) is 1.72. The third kappa shape index (κ3) is 4.99. The van der Waals surface area contributed by atoms with Gasteiger partial charge >= 0.3 is 6.09 Å². The number of rotatable bonds is 2. The summed E-state index contributed by atoms with van der Waals surface area (Å²) < 4.78 is 4.55. The largest absolute Gasteiger partial charge is 0.448 e. The summed E-state index contributed by atoms with van der Waals surface area (Å²) >= 11 is 0. The minimum absolute atomic E-state index is 0.208. The van der Waals surface area contributed by atoms with E-state index in [4.69, 9.17) is 0 Å². The smallest absolute Gasteiger partial charge is 0.409 e. The molecule has 1 fully saturated rings. The lowest BCUT2D eigenvalue weighted by atomic mass is 10.3. The number of ether oxygens (including phenoxy) is 1. The fraction of sp³-hybridized carbons (Fsp3) is 0.889. The van der Waals surface area contributed by atoms with Gasteiger partial charge in [-0.15, -0.1) is 0 Å². The molecule has 3 heteroatoms. The van der Waals surface area contributed by atoms with Crippen molar-refractivity contribution >= 4 is 6.09 Å². The van der Waals surface area contributed by atoms with E-state index in [2.05, 4.69) is 18.6 Å². The number of carbonyl (C=O) groups excluding carboxylic acids is 1. The van der Waals surface area contributed by atoms with Crippen LogP contribution in [0.2, 0.25) is 0 Å². The Balaban J connectivity index is 0.000000217. The Bertz CT molecular complexity index is 124. The first kappa shape index (κ1) is 11.3. The number of hydrogen-bond acceptors (Lipinski definition) is 2. The van der Waals surface area contributed by atoms with Crippen molar-refractivity contribution in [2.75, 3.05) is 20.2 Å². The minimum Gasteiger partial charge on any atom is -0.448 e. The molecule has 0 aromatic rings. The van der Waals surface area contributed by atoms with E-state index in [9.17, 15) is 4.79 Å². The lowest BCUT2D eigenvalue weighted by Crippen LogP contribution is -2.17. The molecule has 0 aliphatic carbocycles. The van der Waals surface area contributed by atoms with Crippen molar-refractivity contribution in [3.05, 3.63) is 0 Å². The Morgan fingerprint density at radius 1 is 1.42 bits per heavy atom. The van der Waals surface area contributed by atoms with E-state index in [0.717, 1.165) is 6.54 Å². The molecule has 0 unspecified atom stereocenters. The normalized spacial score (nSPS) is 15.2. The number of cyclic esters (lactones) is 1. The van der Waals surface area contributed by atoms with E-state index in [0.29, 0.717) is 6.61 Å². The van der Waals surface area contributed by atoms with Crippen LogP contribution in [0.15, 0.2) is 0 Å². The maximum Gasteiger partial charge on any atom is 0.409 e. The van der Waals surface area contributed by atoms with Crippen LogP contribution >= 0.6 is 0 Å². The highest BCUT2D eigenvalue weighted by molar-refractivity contribution is 5.68. The highest BCUT2D eigenvalue weighted by Crippen LogP contribution is 1.96. The van der Waals surface area contributed by atoms with Gasteiger partial charge in [0.1, 0.15) is 6.61 Å². The standard InChI is InChI=1S/C5H12.C4H7NO2/c1-3-5-4-2;1-5-2-3-7-4(5)6/h3-5H2,1-2H3;2-3H2,1H3. The SMILES string of the molecule is CCCCC.CN1CCOC1=O. The average Bonchev–Trinajstić information content (AvgIpc) is 2.39. The van der Waals surface area contributed by atoms with Gasteiger partial charge in [0.25, 0.3) is 0 Å². The number of amides is 1. The first-order chi connectivity index (χ1) is 5.72. The molecule has 1 saturated heterocycles. The molecule has 0 atom stereocenters. The summed E-state index contributed by atoms with van der Waals surface area (Å²) in [6.07, 6.45) is 3.87. The number of hydrogen-bond donors (Lipinski definition) is 0. The van der Waals surface area contributed by atoms with Crippen molar-refractivity contribution in [1.29, 1.82) is 0 Å². The second kappa shape index (κ2) is 6.95. The molecule has 0 bridgehead atoms. The molecular formula is C9H19NO2. The van der Waals surface area contributed by atoms with Crippen LogP contribution < -0.4 is 0 Å². The monoisotopic (exact) mass is 173 g/mol. The van der Waals surface area contributed by atoms with Gasteiger partial charge in [-0.1, -0.05) is 33.1 Å². The van der Waals surface area contributed by atoms with Crippen molar-refractivity contribution in [3.8, 4) is 0 Å². The van der Waals surface area contributed by atoms with Gasteiger partial charge in [0.05, 0.1) is 6.54 Å². The molecule has 0 spiro atoms. The maximum atomic E-state index is 10.3. The molecule has 1 aliphatic rings. The Labute approximate surface area is 74.7 Å². The zero-order valence-electron chi connectivity index (χ0n) is 8.30. The van der Waals surface area contributed by atoms with Crippen LogP contribution in [0.5, 0.6) is 0 Å². The van der Waals surface area contributed by atoms with Crippen molar-refractivity contribution in [3.63, 3.8) is 0 Å². The summed E-state index contributed by atoms with van der Waals surface area (Å²) in [6, 6.07) is 0. The Kier molecular flexibility index (Phi) is 6.53. The third-order valence-corrected chi connectivity index (χ3v) is 1.67. The van der Waals surface area contributed by atoms with Crippen LogP contribution in [0.25, 0.3) is 0 Å². The number of likely N-dealkylation sites (N-methyl/N-ethyl adjacent to an activating group) is 1. The predicted octanol–water partition coefficient (Wildman–Crippen LogP) is 2.26. The first-order valence-electron chi connectivity index (χ1n) is 4.60. The number of carbonyl (C=O) groups is 1. The van der Waals surface area contributed by atoms with Gasteiger partial charge in [-0.25, -0.2) is 4.79 Å². The van der Waals surface area contributed by atoms with Crippen LogP contribution in [0, 0.1) is 0 Å². The summed E-state index contributed by atoms with van der Waals surface area (Å²) in [5, 5.41) is 0. The van der Waals surface area contributed by atoms with Gasteiger partial charge < -0.3 is 9.64 Å². The van der Waals surface area contributed by atoms with Crippen molar-refractivity contribution in [2.24, 2.45) is 0 Å². The second-order valence-electron chi connectivity index (χ2n) is 2.89. The molecule has 0 radical (unpaired) electrons.